The van der Waals surface area contributed by atoms with Crippen molar-refractivity contribution in [2.75, 3.05) is 4.90 Å². The van der Waals surface area contributed by atoms with E-state index in [0.29, 0.717) is 0 Å². The molecule has 0 bridgehead atoms. The lowest BCUT2D eigenvalue weighted by Gasteiger charge is -2.26. The average molecular weight is 840 g/mol. The zero-order valence-corrected chi connectivity index (χ0v) is 36.0. The van der Waals surface area contributed by atoms with Gasteiger partial charge in [-0.1, -0.05) is 188 Å². The third-order valence-corrected chi connectivity index (χ3v) is 13.4. The minimum absolute atomic E-state index is 0.898. The minimum atomic E-state index is 0.898. The number of fused-ring (bicyclic) bond motifs is 9. The van der Waals surface area contributed by atoms with Crippen LogP contribution < -0.4 is 4.90 Å². The van der Waals surface area contributed by atoms with Gasteiger partial charge in [0.1, 0.15) is 11.2 Å². The summed E-state index contributed by atoms with van der Waals surface area (Å²) in [7, 11) is 0. The molecule has 0 unspecified atom stereocenters. The van der Waals surface area contributed by atoms with E-state index >= 15 is 0 Å². The molecule has 13 rings (SSSR count). The van der Waals surface area contributed by atoms with Crippen LogP contribution in [0.15, 0.2) is 253 Å². The van der Waals surface area contributed by atoms with E-state index in [1.54, 1.807) is 0 Å². The smallest absolute Gasteiger partial charge is 0.136 e. The van der Waals surface area contributed by atoms with E-state index in [1.165, 1.54) is 70.9 Å². The van der Waals surface area contributed by atoms with Crippen molar-refractivity contribution in [3.05, 3.63) is 249 Å². The molecule has 0 atom stereocenters. The number of hydrogen-bond acceptors (Lipinski definition) is 2. The molecule has 0 aliphatic carbocycles. The first-order valence-electron chi connectivity index (χ1n) is 22.6. The monoisotopic (exact) mass is 839 g/mol. The first-order chi connectivity index (χ1) is 32.7. The van der Waals surface area contributed by atoms with E-state index < -0.39 is 0 Å². The van der Waals surface area contributed by atoms with E-state index in [1.807, 2.05) is 12.1 Å². The summed E-state index contributed by atoms with van der Waals surface area (Å²) in [5, 5.41) is 12.4. The molecule has 0 spiro atoms. The number of hydrogen-bond donors (Lipinski definition) is 0. The summed E-state index contributed by atoms with van der Waals surface area (Å²) >= 11 is 0. The van der Waals surface area contributed by atoms with Crippen molar-refractivity contribution in [3.8, 4) is 44.5 Å². The van der Waals surface area contributed by atoms with Crippen molar-refractivity contribution < 1.29 is 4.42 Å². The summed E-state index contributed by atoms with van der Waals surface area (Å²) in [6, 6.07) is 90.3. The molecule has 2 heteroatoms. The van der Waals surface area contributed by atoms with Crippen LogP contribution in [-0.2, 0) is 0 Å². The summed E-state index contributed by atoms with van der Waals surface area (Å²) in [5.74, 6) is 0. The van der Waals surface area contributed by atoms with Crippen molar-refractivity contribution in [2.24, 2.45) is 0 Å². The molecule has 2 nitrogen and oxygen atoms in total. The lowest BCUT2D eigenvalue weighted by molar-refractivity contribution is 0.669. The third kappa shape index (κ3) is 6.50. The SMILES string of the molecule is c1cc(-c2ccc(-c3ccc4c(ccc5ccccc54)c3)cc2)cc(N(c2ccc(-c3ccc4c(ccc5ccccc54)c3)cc2)c2ccc(-c3cccc4oc5ccccc5c34)cc2)c1. The second-order valence-electron chi connectivity index (χ2n) is 17.3. The van der Waals surface area contributed by atoms with Crippen LogP contribution in [0.5, 0.6) is 0 Å². The summed E-state index contributed by atoms with van der Waals surface area (Å²) in [6.07, 6.45) is 0. The van der Waals surface area contributed by atoms with Crippen molar-refractivity contribution in [3.63, 3.8) is 0 Å². The molecule has 1 heterocycles. The van der Waals surface area contributed by atoms with E-state index in [2.05, 4.69) is 241 Å². The van der Waals surface area contributed by atoms with Gasteiger partial charge in [-0.2, -0.15) is 0 Å². The van der Waals surface area contributed by atoms with Gasteiger partial charge in [0, 0.05) is 27.8 Å². The van der Waals surface area contributed by atoms with Crippen LogP contribution in [-0.4, -0.2) is 0 Å². The molecule has 66 heavy (non-hydrogen) atoms. The van der Waals surface area contributed by atoms with Crippen molar-refractivity contribution in [1.29, 1.82) is 0 Å². The molecule has 0 fully saturated rings. The molecule has 0 saturated heterocycles. The maximum Gasteiger partial charge on any atom is 0.136 e. The fourth-order valence-electron chi connectivity index (χ4n) is 10.1. The molecule has 0 N–H and O–H groups in total. The molecular formula is C64H41NO. The largest absolute Gasteiger partial charge is 0.456 e. The Labute approximate surface area is 382 Å². The highest BCUT2D eigenvalue weighted by molar-refractivity contribution is 6.13. The Hall–Kier alpha value is -8.72. The van der Waals surface area contributed by atoms with Gasteiger partial charge in [0.25, 0.3) is 0 Å². The first-order valence-corrected chi connectivity index (χ1v) is 22.6. The zero-order valence-electron chi connectivity index (χ0n) is 36.0. The standard InChI is InChI=1S/C64H41NO/c1-3-13-56-45(9-1)23-25-51-39-49(31-37-58(51)56)43-21-19-42(20-22-43)48-11-7-12-55(41-48)65(54-35-29-47(30-36-54)60-16-8-18-63-64(60)61-15-5-6-17-62(61)66-63)53-33-27-44(28-34-53)50-32-38-59-52(40-50)26-24-46-10-2-4-14-57(46)59/h1-41H. The molecule has 0 radical (unpaired) electrons. The van der Waals surface area contributed by atoms with Gasteiger partial charge < -0.3 is 9.32 Å². The average Bonchev–Trinajstić information content (AvgIpc) is 3.78. The molecule has 0 aliphatic rings. The number of nitrogens with zero attached hydrogens (tertiary/aromatic N) is 1. The van der Waals surface area contributed by atoms with Crippen molar-refractivity contribution in [1.82, 2.24) is 0 Å². The van der Waals surface area contributed by atoms with Crippen LogP contribution in [0.3, 0.4) is 0 Å². The maximum atomic E-state index is 6.27. The Morgan fingerprint density at radius 2 is 0.682 bits per heavy atom. The number of rotatable bonds is 7. The first kappa shape index (κ1) is 37.8. The van der Waals surface area contributed by atoms with Gasteiger partial charge in [-0.25, -0.2) is 0 Å². The molecule has 308 valence electrons. The van der Waals surface area contributed by atoms with E-state index in [4.69, 9.17) is 4.42 Å². The number of para-hydroxylation sites is 1. The molecule has 1 aromatic heterocycles. The normalized spacial score (nSPS) is 11.6. The number of benzene rings is 12. The van der Waals surface area contributed by atoms with Gasteiger partial charge >= 0.3 is 0 Å². The molecule has 12 aromatic carbocycles. The van der Waals surface area contributed by atoms with E-state index in [-0.39, 0.29) is 0 Å². The second kappa shape index (κ2) is 15.5. The maximum absolute atomic E-state index is 6.27. The van der Waals surface area contributed by atoms with Gasteiger partial charge in [-0.3, -0.25) is 0 Å². The fraction of sp³-hybridized carbons (Fsp3) is 0. The Balaban J connectivity index is 0.867. The summed E-state index contributed by atoms with van der Waals surface area (Å²) < 4.78 is 6.27. The van der Waals surface area contributed by atoms with E-state index in [9.17, 15) is 0 Å². The van der Waals surface area contributed by atoms with Gasteiger partial charge in [0.15, 0.2) is 0 Å². The van der Waals surface area contributed by atoms with Gasteiger partial charge in [0.2, 0.25) is 0 Å². The summed E-state index contributed by atoms with van der Waals surface area (Å²) in [4.78, 5) is 2.37. The van der Waals surface area contributed by atoms with Crippen LogP contribution >= 0.6 is 0 Å². The Morgan fingerprint density at radius 3 is 1.29 bits per heavy atom. The van der Waals surface area contributed by atoms with Crippen LogP contribution in [0.25, 0.3) is 110 Å². The molecule has 0 saturated carbocycles. The summed E-state index contributed by atoms with van der Waals surface area (Å²) in [6.45, 7) is 0. The van der Waals surface area contributed by atoms with Crippen LogP contribution in [0.2, 0.25) is 0 Å². The second-order valence-corrected chi connectivity index (χ2v) is 17.3. The predicted molar refractivity (Wildman–Crippen MR) is 280 cm³/mol. The van der Waals surface area contributed by atoms with Crippen molar-refractivity contribution >= 4 is 82.1 Å². The highest BCUT2D eigenvalue weighted by atomic mass is 16.3. The zero-order chi connectivity index (χ0) is 43.6. The lowest BCUT2D eigenvalue weighted by atomic mass is 9.96. The molecular weight excluding hydrogens is 799 g/mol. The minimum Gasteiger partial charge on any atom is -0.456 e. The molecule has 13 aromatic rings. The number of furan rings is 1. The Kier molecular flexibility index (Phi) is 8.89. The van der Waals surface area contributed by atoms with Gasteiger partial charge in [-0.15, -0.1) is 0 Å². The topological polar surface area (TPSA) is 16.4 Å². The Morgan fingerprint density at radius 1 is 0.242 bits per heavy atom. The number of anilines is 3. The quantitative estimate of drug-likeness (QED) is 0.149. The van der Waals surface area contributed by atoms with E-state index in [0.717, 1.165) is 55.7 Å². The fourth-order valence-corrected chi connectivity index (χ4v) is 10.1. The lowest BCUT2D eigenvalue weighted by Crippen LogP contribution is -2.10. The third-order valence-electron chi connectivity index (χ3n) is 13.4. The van der Waals surface area contributed by atoms with Crippen LogP contribution in [0.1, 0.15) is 0 Å². The van der Waals surface area contributed by atoms with Crippen LogP contribution in [0, 0.1) is 0 Å². The van der Waals surface area contributed by atoms with Gasteiger partial charge in [-0.05, 0) is 148 Å². The van der Waals surface area contributed by atoms with Gasteiger partial charge in [0.05, 0.1) is 0 Å². The highest BCUT2D eigenvalue weighted by Crippen LogP contribution is 2.42. The van der Waals surface area contributed by atoms with Crippen LogP contribution in [0.4, 0.5) is 17.1 Å². The predicted octanol–water partition coefficient (Wildman–Crippen LogP) is 18.3. The summed E-state index contributed by atoms with van der Waals surface area (Å²) in [5.41, 5.74) is 14.5. The molecule has 0 aliphatic heterocycles. The highest BCUT2D eigenvalue weighted by Gasteiger charge is 2.17. The molecule has 0 amide bonds. The Bertz CT molecular complexity index is 3970. The van der Waals surface area contributed by atoms with Crippen molar-refractivity contribution in [2.45, 2.75) is 0 Å².